The molecule has 0 spiro atoms. The minimum atomic E-state index is -0.817. The summed E-state index contributed by atoms with van der Waals surface area (Å²) >= 11 is 0. The highest BCUT2D eigenvalue weighted by Gasteiger charge is 2.61. The quantitative estimate of drug-likeness (QED) is 0.214. The molecule has 4 amide bonds. The predicted molar refractivity (Wildman–Crippen MR) is 155 cm³/mol. The number of hydrogen-bond acceptors (Lipinski definition) is 6. The lowest BCUT2D eigenvalue weighted by Crippen LogP contribution is -2.43. The molecule has 0 aromatic heterocycles. The zero-order valence-electron chi connectivity index (χ0n) is 22.7. The molecule has 1 fully saturated rings. The molecule has 4 aliphatic rings. The number of imide groups is 1. The van der Waals surface area contributed by atoms with Crippen LogP contribution in [-0.2, 0) is 19.1 Å². The van der Waals surface area contributed by atoms with Crippen molar-refractivity contribution >= 4 is 35.3 Å². The molecule has 0 saturated carbocycles. The van der Waals surface area contributed by atoms with Gasteiger partial charge in [-0.1, -0.05) is 72.8 Å². The minimum absolute atomic E-state index is 0.0728. The smallest absolute Gasteiger partial charge is 0.338 e. The van der Waals surface area contributed by atoms with Gasteiger partial charge in [0.25, 0.3) is 11.8 Å². The average Bonchev–Trinajstić information content (AvgIpc) is 3.32. The number of benzene rings is 4. The van der Waals surface area contributed by atoms with Crippen molar-refractivity contribution in [2.45, 2.75) is 11.8 Å². The molecular weight excluding hydrogens is 546 g/mol. The molecule has 3 aliphatic carbocycles. The standard InChI is InChI=1S/C34H25N3O6/c38-26(35-36-31(39)19-9-2-1-3-10-19)18-43-34(42)20-11-8-12-21(17-20)37-32(40)29-27-22-13-4-5-14-23(22)28(30(29)33(37)41)25-16-7-6-15-24(25)27/h1-17,27-30H,18H2,(H,35,38)(H,36,39)/t27?,28?,29-,30+. The van der Waals surface area contributed by atoms with Gasteiger partial charge in [-0.15, -0.1) is 0 Å². The molecule has 1 saturated heterocycles. The number of nitrogens with zero attached hydrogens (tertiary/aromatic N) is 1. The van der Waals surface area contributed by atoms with E-state index in [1.165, 1.54) is 17.0 Å². The molecule has 9 nitrogen and oxygen atoms in total. The lowest BCUT2D eigenvalue weighted by Gasteiger charge is -2.45. The molecule has 2 atom stereocenters. The first-order valence-electron chi connectivity index (χ1n) is 13.9. The lowest BCUT2D eigenvalue weighted by molar-refractivity contribution is -0.125. The van der Waals surface area contributed by atoms with Gasteiger partial charge < -0.3 is 4.74 Å². The van der Waals surface area contributed by atoms with E-state index in [1.54, 1.807) is 42.5 Å². The number of esters is 1. The van der Waals surface area contributed by atoms with Crippen LogP contribution in [0.15, 0.2) is 103 Å². The summed E-state index contributed by atoms with van der Waals surface area (Å²) in [5, 5.41) is 0. The van der Waals surface area contributed by atoms with E-state index < -0.39 is 36.2 Å². The van der Waals surface area contributed by atoms with Crippen LogP contribution in [0.3, 0.4) is 0 Å². The normalized spacial score (nSPS) is 21.0. The van der Waals surface area contributed by atoms with Gasteiger partial charge in [0.05, 0.1) is 23.1 Å². The van der Waals surface area contributed by atoms with Crippen molar-refractivity contribution in [2.75, 3.05) is 11.5 Å². The van der Waals surface area contributed by atoms with Gasteiger partial charge in [-0.05, 0) is 52.6 Å². The maximum Gasteiger partial charge on any atom is 0.338 e. The van der Waals surface area contributed by atoms with Gasteiger partial charge >= 0.3 is 5.97 Å². The summed E-state index contributed by atoms with van der Waals surface area (Å²) in [6.45, 7) is -0.649. The van der Waals surface area contributed by atoms with Gasteiger partial charge in [-0.2, -0.15) is 0 Å². The van der Waals surface area contributed by atoms with Crippen LogP contribution >= 0.6 is 0 Å². The second-order valence-electron chi connectivity index (χ2n) is 10.8. The maximum absolute atomic E-state index is 14.0. The molecule has 1 aliphatic heterocycles. The molecule has 43 heavy (non-hydrogen) atoms. The summed E-state index contributed by atoms with van der Waals surface area (Å²) in [7, 11) is 0. The summed E-state index contributed by atoms with van der Waals surface area (Å²) in [5.41, 5.74) is 9.45. The van der Waals surface area contributed by atoms with Crippen LogP contribution in [0.4, 0.5) is 5.69 Å². The Balaban J connectivity index is 1.08. The van der Waals surface area contributed by atoms with Crippen LogP contribution in [-0.4, -0.2) is 36.2 Å². The zero-order chi connectivity index (χ0) is 29.7. The topological polar surface area (TPSA) is 122 Å². The predicted octanol–water partition coefficient (Wildman–Crippen LogP) is 3.70. The summed E-state index contributed by atoms with van der Waals surface area (Å²) in [6.07, 6.45) is 0. The van der Waals surface area contributed by atoms with E-state index in [4.69, 9.17) is 4.74 Å². The van der Waals surface area contributed by atoms with Crippen LogP contribution in [0.1, 0.15) is 54.8 Å². The van der Waals surface area contributed by atoms with Crippen molar-refractivity contribution in [3.05, 3.63) is 137 Å². The fraction of sp³-hybridized carbons (Fsp3) is 0.147. The van der Waals surface area contributed by atoms with Crippen LogP contribution in [0, 0.1) is 11.8 Å². The van der Waals surface area contributed by atoms with E-state index in [9.17, 15) is 24.0 Å². The highest BCUT2D eigenvalue weighted by Crippen LogP contribution is 2.61. The van der Waals surface area contributed by atoms with Gasteiger partial charge in [-0.3, -0.25) is 30.0 Å². The second kappa shape index (κ2) is 10.4. The number of hydrogen-bond donors (Lipinski definition) is 2. The van der Waals surface area contributed by atoms with E-state index >= 15 is 0 Å². The Morgan fingerprint density at radius 1 is 0.628 bits per heavy atom. The minimum Gasteiger partial charge on any atom is -0.452 e. The number of carbonyl (C=O) groups is 5. The number of hydrazine groups is 1. The van der Waals surface area contributed by atoms with Gasteiger partial charge in [0.2, 0.25) is 11.8 Å². The van der Waals surface area contributed by atoms with Gasteiger partial charge in [0.1, 0.15) is 0 Å². The number of nitrogens with one attached hydrogen (secondary N) is 2. The van der Waals surface area contributed by atoms with Gasteiger partial charge in [0, 0.05) is 17.4 Å². The van der Waals surface area contributed by atoms with Crippen molar-refractivity contribution in [3.8, 4) is 0 Å². The first-order valence-corrected chi connectivity index (χ1v) is 13.9. The Morgan fingerprint density at radius 3 is 1.70 bits per heavy atom. The van der Waals surface area contributed by atoms with E-state index in [1.807, 2.05) is 48.5 Å². The third kappa shape index (κ3) is 4.28. The number of carbonyl (C=O) groups excluding carboxylic acids is 5. The third-order valence-corrected chi connectivity index (χ3v) is 8.47. The van der Waals surface area contributed by atoms with E-state index in [-0.39, 0.29) is 34.9 Å². The van der Waals surface area contributed by atoms with Gasteiger partial charge in [0.15, 0.2) is 6.61 Å². The number of anilines is 1. The molecule has 8 rings (SSSR count). The van der Waals surface area contributed by atoms with Crippen LogP contribution in [0.2, 0.25) is 0 Å². The highest BCUT2D eigenvalue weighted by atomic mass is 16.5. The molecule has 1 heterocycles. The molecule has 4 aromatic carbocycles. The van der Waals surface area contributed by atoms with E-state index in [2.05, 4.69) is 10.9 Å². The fourth-order valence-corrected chi connectivity index (χ4v) is 6.74. The second-order valence-corrected chi connectivity index (χ2v) is 10.8. The Bertz CT molecular complexity index is 1700. The Morgan fingerprint density at radius 2 is 1.14 bits per heavy atom. The summed E-state index contributed by atoms with van der Waals surface area (Å²) in [6, 6.07) is 30.4. The first kappa shape index (κ1) is 26.3. The SMILES string of the molecule is O=C(COC(=O)c1cccc(N2C(=O)[C@@H]3C4c5ccccc5C(c5ccccc54)[C@@H]3C2=O)c1)NNC(=O)c1ccccc1. The molecule has 0 unspecified atom stereocenters. The number of amides is 4. The molecule has 2 N–H and O–H groups in total. The molecule has 0 radical (unpaired) electrons. The van der Waals surface area contributed by atoms with Crippen molar-refractivity contribution in [1.29, 1.82) is 0 Å². The average molecular weight is 572 g/mol. The zero-order valence-corrected chi connectivity index (χ0v) is 22.7. The van der Waals surface area contributed by atoms with Crippen LogP contribution < -0.4 is 15.8 Å². The van der Waals surface area contributed by atoms with Crippen molar-refractivity contribution in [2.24, 2.45) is 11.8 Å². The first-order chi connectivity index (χ1) is 20.9. The Hall–Kier alpha value is -5.57. The maximum atomic E-state index is 14.0. The van der Waals surface area contributed by atoms with Crippen molar-refractivity contribution < 1.29 is 28.7 Å². The Labute approximate surface area is 246 Å². The Kier molecular flexibility index (Phi) is 6.35. The van der Waals surface area contributed by atoms with Crippen molar-refractivity contribution in [3.63, 3.8) is 0 Å². The largest absolute Gasteiger partial charge is 0.452 e. The lowest BCUT2D eigenvalue weighted by atomic mass is 9.55. The molecule has 4 aromatic rings. The van der Waals surface area contributed by atoms with Crippen LogP contribution in [0.25, 0.3) is 0 Å². The summed E-state index contributed by atoms with van der Waals surface area (Å²) in [4.78, 5) is 66.3. The van der Waals surface area contributed by atoms with E-state index in [0.29, 0.717) is 5.56 Å². The van der Waals surface area contributed by atoms with Gasteiger partial charge in [-0.25, -0.2) is 9.69 Å². The third-order valence-electron chi connectivity index (χ3n) is 8.47. The monoisotopic (exact) mass is 571 g/mol. The van der Waals surface area contributed by atoms with Crippen molar-refractivity contribution in [1.82, 2.24) is 10.9 Å². The molecule has 9 heteroatoms. The van der Waals surface area contributed by atoms with Crippen LogP contribution in [0.5, 0.6) is 0 Å². The summed E-state index contributed by atoms with van der Waals surface area (Å²) in [5.74, 6) is -4.24. The number of ether oxygens (including phenoxy) is 1. The summed E-state index contributed by atoms with van der Waals surface area (Å²) < 4.78 is 5.13. The number of rotatable bonds is 5. The van der Waals surface area contributed by atoms with E-state index in [0.717, 1.165) is 22.3 Å². The highest BCUT2D eigenvalue weighted by molar-refractivity contribution is 6.23. The molecule has 2 bridgehead atoms. The fourth-order valence-electron chi connectivity index (χ4n) is 6.74. The molecular formula is C34H25N3O6. The molecule has 212 valence electrons.